The van der Waals surface area contributed by atoms with Crippen LogP contribution in [0.25, 0.3) is 0 Å². The van der Waals surface area contributed by atoms with Crippen LogP contribution in [0.2, 0.25) is 0 Å². The van der Waals surface area contributed by atoms with E-state index < -0.39 is 5.97 Å². The summed E-state index contributed by atoms with van der Waals surface area (Å²) in [6, 6.07) is 10.4. The van der Waals surface area contributed by atoms with Gasteiger partial charge in [-0.15, -0.1) is 11.8 Å². The monoisotopic (exact) mass is 344 g/mol. The topological polar surface area (TPSA) is 69.6 Å². The minimum absolute atomic E-state index is 0.161. The largest absolute Gasteiger partial charge is 0.478 e. The molecule has 1 N–H and O–H groups in total. The molecular weight excluding hydrogens is 324 g/mol. The van der Waals surface area contributed by atoms with E-state index in [1.54, 1.807) is 0 Å². The number of benzene rings is 1. The molecule has 6 nitrogen and oxygen atoms in total. The lowest BCUT2D eigenvalue weighted by molar-refractivity contribution is 0.0691. The fraction of sp³-hybridized carbons (Fsp3) is 0.353. The van der Waals surface area contributed by atoms with Crippen molar-refractivity contribution in [1.29, 1.82) is 0 Å². The number of rotatable bonds is 5. The Balaban J connectivity index is 1.63. The minimum Gasteiger partial charge on any atom is -0.478 e. The van der Waals surface area contributed by atoms with Crippen molar-refractivity contribution in [2.45, 2.75) is 11.6 Å². The van der Waals surface area contributed by atoms with Gasteiger partial charge in [0.25, 0.3) is 0 Å². The molecule has 0 amide bonds. The first kappa shape index (κ1) is 16.7. The van der Waals surface area contributed by atoms with Crippen molar-refractivity contribution in [3.05, 3.63) is 47.7 Å². The normalized spacial score (nSPS) is 15.5. The smallest absolute Gasteiger partial charge is 0.340 e. The lowest BCUT2D eigenvalue weighted by atomic mass is 10.2. The number of aromatic nitrogens is 2. The Labute approximate surface area is 145 Å². The molecule has 1 aromatic carbocycles. The van der Waals surface area contributed by atoms with Gasteiger partial charge in [0.1, 0.15) is 10.6 Å². The van der Waals surface area contributed by atoms with E-state index >= 15 is 0 Å². The number of carbonyl (C=O) groups is 1. The van der Waals surface area contributed by atoms with Crippen LogP contribution in [0, 0.1) is 0 Å². The van der Waals surface area contributed by atoms with E-state index in [9.17, 15) is 4.79 Å². The van der Waals surface area contributed by atoms with Gasteiger partial charge in [-0.05, 0) is 11.8 Å². The van der Waals surface area contributed by atoms with Crippen molar-refractivity contribution in [3.8, 4) is 0 Å². The van der Waals surface area contributed by atoms with E-state index in [0.717, 1.165) is 32.7 Å². The lowest BCUT2D eigenvalue weighted by Crippen LogP contribution is -2.46. The molecule has 126 valence electrons. The molecule has 0 spiro atoms. The SMILES string of the molecule is CSc1nc(N2CCN(Cc3ccccc3)CC2)ncc1C(=O)O. The summed E-state index contributed by atoms with van der Waals surface area (Å²) in [5, 5.41) is 9.67. The Hall–Kier alpha value is -2.12. The highest BCUT2D eigenvalue weighted by Gasteiger charge is 2.21. The highest BCUT2D eigenvalue weighted by Crippen LogP contribution is 2.21. The predicted molar refractivity (Wildman–Crippen MR) is 94.7 cm³/mol. The number of piperazine rings is 1. The van der Waals surface area contributed by atoms with Crippen molar-refractivity contribution in [1.82, 2.24) is 14.9 Å². The van der Waals surface area contributed by atoms with Crippen molar-refractivity contribution in [2.24, 2.45) is 0 Å². The van der Waals surface area contributed by atoms with E-state index in [1.165, 1.54) is 23.5 Å². The maximum Gasteiger partial charge on any atom is 0.340 e. The zero-order chi connectivity index (χ0) is 16.9. The van der Waals surface area contributed by atoms with Crippen LogP contribution in [0.4, 0.5) is 5.95 Å². The fourth-order valence-electron chi connectivity index (χ4n) is 2.76. The molecule has 1 fully saturated rings. The first-order valence-corrected chi connectivity index (χ1v) is 9.05. The number of nitrogens with zero attached hydrogens (tertiary/aromatic N) is 4. The van der Waals surface area contributed by atoms with Gasteiger partial charge in [0, 0.05) is 38.9 Å². The van der Waals surface area contributed by atoms with Crippen LogP contribution < -0.4 is 4.90 Å². The molecule has 1 aliphatic heterocycles. The molecule has 0 atom stereocenters. The van der Waals surface area contributed by atoms with Gasteiger partial charge in [0.15, 0.2) is 0 Å². The third-order valence-electron chi connectivity index (χ3n) is 4.07. The average Bonchev–Trinajstić information content (AvgIpc) is 2.62. The summed E-state index contributed by atoms with van der Waals surface area (Å²) in [6.07, 6.45) is 3.24. The molecule has 24 heavy (non-hydrogen) atoms. The van der Waals surface area contributed by atoms with E-state index in [4.69, 9.17) is 5.11 Å². The van der Waals surface area contributed by atoms with Gasteiger partial charge < -0.3 is 10.0 Å². The Morgan fingerprint density at radius 2 is 1.92 bits per heavy atom. The summed E-state index contributed by atoms with van der Waals surface area (Å²) >= 11 is 1.34. The number of carboxylic acid groups (broad SMARTS) is 1. The quantitative estimate of drug-likeness (QED) is 0.659. The lowest BCUT2D eigenvalue weighted by Gasteiger charge is -2.34. The van der Waals surface area contributed by atoms with Crippen molar-refractivity contribution >= 4 is 23.7 Å². The third kappa shape index (κ3) is 3.85. The summed E-state index contributed by atoms with van der Waals surface area (Å²) < 4.78 is 0. The maximum absolute atomic E-state index is 11.2. The Morgan fingerprint density at radius 1 is 1.21 bits per heavy atom. The number of hydrogen-bond acceptors (Lipinski definition) is 6. The second-order valence-electron chi connectivity index (χ2n) is 5.65. The summed E-state index contributed by atoms with van der Waals surface area (Å²) in [5.74, 6) is -0.373. The molecule has 2 aromatic rings. The molecule has 1 aromatic heterocycles. The van der Waals surface area contributed by atoms with Gasteiger partial charge in [-0.3, -0.25) is 4.90 Å². The van der Waals surface area contributed by atoms with E-state index in [2.05, 4.69) is 44.0 Å². The molecule has 1 saturated heterocycles. The molecule has 0 radical (unpaired) electrons. The first-order valence-electron chi connectivity index (χ1n) is 7.83. The summed E-state index contributed by atoms with van der Waals surface area (Å²) in [6.45, 7) is 4.50. The molecule has 3 rings (SSSR count). The molecule has 0 bridgehead atoms. The highest BCUT2D eigenvalue weighted by molar-refractivity contribution is 7.98. The molecule has 0 unspecified atom stereocenters. The van der Waals surface area contributed by atoms with Gasteiger partial charge in [0.2, 0.25) is 5.95 Å². The van der Waals surface area contributed by atoms with Crippen LogP contribution in [0.3, 0.4) is 0 Å². The first-order chi connectivity index (χ1) is 11.7. The summed E-state index contributed by atoms with van der Waals surface area (Å²) in [5.41, 5.74) is 1.48. The number of carboxylic acids is 1. The minimum atomic E-state index is -0.987. The highest BCUT2D eigenvalue weighted by atomic mass is 32.2. The number of thioether (sulfide) groups is 1. The maximum atomic E-state index is 11.2. The standard InChI is InChI=1S/C17H20N4O2S/c1-24-15-14(16(22)23)11-18-17(19-15)21-9-7-20(8-10-21)12-13-5-3-2-4-6-13/h2-6,11H,7-10,12H2,1H3,(H,22,23). The summed E-state index contributed by atoms with van der Waals surface area (Å²) in [7, 11) is 0. The van der Waals surface area contributed by atoms with Crippen LogP contribution >= 0.6 is 11.8 Å². The average molecular weight is 344 g/mol. The second-order valence-corrected chi connectivity index (χ2v) is 6.44. The zero-order valence-corrected chi connectivity index (χ0v) is 14.4. The molecular formula is C17H20N4O2S. The molecule has 0 aliphatic carbocycles. The van der Waals surface area contributed by atoms with Crippen LogP contribution in [0.5, 0.6) is 0 Å². The van der Waals surface area contributed by atoms with Gasteiger partial charge in [-0.2, -0.15) is 0 Å². The number of hydrogen-bond donors (Lipinski definition) is 1. The molecule has 7 heteroatoms. The van der Waals surface area contributed by atoms with Crippen LogP contribution in [0.1, 0.15) is 15.9 Å². The Kier molecular flexibility index (Phi) is 5.32. The van der Waals surface area contributed by atoms with Crippen LogP contribution in [-0.4, -0.2) is 58.4 Å². The number of anilines is 1. The van der Waals surface area contributed by atoms with E-state index in [1.807, 2.05) is 12.3 Å². The molecule has 1 aliphatic rings. The summed E-state index contributed by atoms with van der Waals surface area (Å²) in [4.78, 5) is 24.4. The van der Waals surface area contributed by atoms with Crippen molar-refractivity contribution < 1.29 is 9.90 Å². The van der Waals surface area contributed by atoms with Crippen molar-refractivity contribution in [3.63, 3.8) is 0 Å². The second kappa shape index (κ2) is 7.63. The molecule has 0 saturated carbocycles. The fourth-order valence-corrected chi connectivity index (χ4v) is 3.29. The Morgan fingerprint density at radius 3 is 2.54 bits per heavy atom. The van der Waals surface area contributed by atoms with Crippen LogP contribution in [-0.2, 0) is 6.54 Å². The van der Waals surface area contributed by atoms with Gasteiger partial charge in [0.05, 0.1) is 0 Å². The van der Waals surface area contributed by atoms with Crippen LogP contribution in [0.15, 0.2) is 41.6 Å². The predicted octanol–water partition coefficient (Wildman–Crippen LogP) is 2.22. The van der Waals surface area contributed by atoms with E-state index in [-0.39, 0.29) is 5.56 Å². The molecule has 2 heterocycles. The van der Waals surface area contributed by atoms with Gasteiger partial charge in [-0.25, -0.2) is 14.8 Å². The van der Waals surface area contributed by atoms with E-state index in [0.29, 0.717) is 11.0 Å². The van der Waals surface area contributed by atoms with Crippen molar-refractivity contribution in [2.75, 3.05) is 37.3 Å². The zero-order valence-electron chi connectivity index (χ0n) is 13.6. The van der Waals surface area contributed by atoms with Gasteiger partial charge in [-0.1, -0.05) is 30.3 Å². The Bertz CT molecular complexity index is 703. The number of aromatic carboxylic acids is 1. The third-order valence-corrected chi connectivity index (χ3v) is 4.77. The van der Waals surface area contributed by atoms with Gasteiger partial charge >= 0.3 is 5.97 Å².